The average molecular weight is 410 g/mol. The lowest BCUT2D eigenvalue weighted by Crippen LogP contribution is -2.22. The average Bonchev–Trinajstić information content (AvgIpc) is 3.04. The zero-order valence-corrected chi connectivity index (χ0v) is 16.5. The van der Waals surface area contributed by atoms with Crippen LogP contribution in [0.15, 0.2) is 64.6 Å². The number of halogens is 1. The first-order chi connectivity index (χ1) is 13.5. The van der Waals surface area contributed by atoms with E-state index in [0.717, 1.165) is 26.7 Å². The number of H-pyrrole nitrogens is 1. The van der Waals surface area contributed by atoms with Gasteiger partial charge in [-0.2, -0.15) is 14.9 Å². The molecule has 8 heteroatoms. The van der Waals surface area contributed by atoms with Gasteiger partial charge in [-0.1, -0.05) is 41.9 Å². The first kappa shape index (κ1) is 18.3. The SMILES string of the molecule is Cc1n[nH]c(=S)n(N=Cc2cn(Cc3ccc(Cl)cc3)c3ccccc23)c1=O. The topological polar surface area (TPSA) is 68.0 Å². The highest BCUT2D eigenvalue weighted by molar-refractivity contribution is 7.71. The molecule has 0 saturated heterocycles. The van der Waals surface area contributed by atoms with Crippen molar-refractivity contribution in [3.63, 3.8) is 0 Å². The van der Waals surface area contributed by atoms with Gasteiger partial charge in [-0.25, -0.2) is 0 Å². The monoisotopic (exact) mass is 409 g/mol. The molecule has 6 nitrogen and oxygen atoms in total. The standard InChI is InChI=1S/C20H16ClN5OS/c1-13-19(27)26(20(28)24-23-13)22-10-15-12-25(18-5-3-2-4-17(15)18)11-14-6-8-16(21)9-7-14/h2-10,12H,11H2,1H3,(H,24,28). The van der Waals surface area contributed by atoms with Crippen LogP contribution < -0.4 is 5.56 Å². The molecule has 2 aromatic carbocycles. The van der Waals surface area contributed by atoms with Crippen molar-refractivity contribution in [3.8, 4) is 0 Å². The van der Waals surface area contributed by atoms with Gasteiger partial charge in [-0.15, -0.1) is 0 Å². The van der Waals surface area contributed by atoms with Crippen molar-refractivity contribution in [2.45, 2.75) is 13.5 Å². The van der Waals surface area contributed by atoms with Crippen LogP contribution in [0.5, 0.6) is 0 Å². The van der Waals surface area contributed by atoms with Crippen LogP contribution in [0.3, 0.4) is 0 Å². The van der Waals surface area contributed by atoms with Gasteiger partial charge < -0.3 is 4.57 Å². The number of aromatic nitrogens is 4. The molecule has 0 spiro atoms. The molecule has 0 radical (unpaired) electrons. The summed E-state index contributed by atoms with van der Waals surface area (Å²) in [5.41, 5.74) is 3.06. The highest BCUT2D eigenvalue weighted by Crippen LogP contribution is 2.22. The molecule has 2 heterocycles. The summed E-state index contributed by atoms with van der Waals surface area (Å²) in [5.74, 6) is 0. The molecule has 0 amide bonds. The van der Waals surface area contributed by atoms with Gasteiger partial charge in [0.15, 0.2) is 0 Å². The van der Waals surface area contributed by atoms with Crippen LogP contribution in [0.25, 0.3) is 10.9 Å². The molecule has 1 N–H and O–H groups in total. The van der Waals surface area contributed by atoms with Crippen LogP contribution in [0.1, 0.15) is 16.8 Å². The Hall–Kier alpha value is -3.03. The molecular weight excluding hydrogens is 394 g/mol. The Morgan fingerprint density at radius 3 is 2.75 bits per heavy atom. The first-order valence-corrected chi connectivity index (χ1v) is 9.36. The van der Waals surface area contributed by atoms with Crippen molar-refractivity contribution in [1.82, 2.24) is 19.4 Å². The summed E-state index contributed by atoms with van der Waals surface area (Å²) in [6, 6.07) is 15.8. The van der Waals surface area contributed by atoms with Gasteiger partial charge in [0.1, 0.15) is 5.69 Å². The van der Waals surface area contributed by atoms with E-state index in [0.29, 0.717) is 17.3 Å². The second-order valence-electron chi connectivity index (χ2n) is 6.33. The van der Waals surface area contributed by atoms with Gasteiger partial charge in [0, 0.05) is 34.2 Å². The highest BCUT2D eigenvalue weighted by atomic mass is 35.5. The lowest BCUT2D eigenvalue weighted by molar-refractivity contribution is 0.720. The Bertz CT molecular complexity index is 1300. The molecule has 0 unspecified atom stereocenters. The Kier molecular flexibility index (Phi) is 4.93. The van der Waals surface area contributed by atoms with Crippen molar-refractivity contribution < 1.29 is 0 Å². The fraction of sp³-hybridized carbons (Fsp3) is 0.100. The number of aromatic amines is 1. The summed E-state index contributed by atoms with van der Waals surface area (Å²) < 4.78 is 3.43. The number of hydrogen-bond acceptors (Lipinski definition) is 4. The Balaban J connectivity index is 1.76. The summed E-state index contributed by atoms with van der Waals surface area (Å²) in [7, 11) is 0. The van der Waals surface area contributed by atoms with Crippen molar-refractivity contribution in [1.29, 1.82) is 0 Å². The second kappa shape index (κ2) is 7.53. The van der Waals surface area contributed by atoms with Gasteiger partial charge in [0.25, 0.3) is 5.56 Å². The number of aryl methyl sites for hydroxylation is 1. The Morgan fingerprint density at radius 2 is 1.96 bits per heavy atom. The summed E-state index contributed by atoms with van der Waals surface area (Å²) in [5, 5.41) is 12.5. The third-order valence-corrected chi connectivity index (χ3v) is 4.93. The molecule has 4 rings (SSSR count). The van der Waals surface area contributed by atoms with Gasteiger partial charge in [-0.05, 0) is 42.9 Å². The van der Waals surface area contributed by atoms with E-state index in [1.54, 1.807) is 13.1 Å². The van der Waals surface area contributed by atoms with E-state index in [-0.39, 0.29) is 10.3 Å². The van der Waals surface area contributed by atoms with Crippen LogP contribution in [0.4, 0.5) is 0 Å². The molecule has 140 valence electrons. The van der Waals surface area contributed by atoms with E-state index in [4.69, 9.17) is 23.8 Å². The maximum Gasteiger partial charge on any atom is 0.296 e. The minimum atomic E-state index is -0.343. The number of benzene rings is 2. The molecule has 28 heavy (non-hydrogen) atoms. The minimum Gasteiger partial charge on any atom is -0.342 e. The van der Waals surface area contributed by atoms with Gasteiger partial charge in [0.2, 0.25) is 4.77 Å². The van der Waals surface area contributed by atoms with Gasteiger partial charge >= 0.3 is 0 Å². The van der Waals surface area contributed by atoms with Crippen LogP contribution in [0, 0.1) is 11.7 Å². The van der Waals surface area contributed by atoms with E-state index in [1.807, 2.05) is 48.7 Å². The van der Waals surface area contributed by atoms with Crippen molar-refractivity contribution in [3.05, 3.63) is 91.7 Å². The van der Waals surface area contributed by atoms with E-state index >= 15 is 0 Å². The van der Waals surface area contributed by atoms with Gasteiger partial charge in [-0.3, -0.25) is 9.89 Å². The Morgan fingerprint density at radius 1 is 1.21 bits per heavy atom. The molecule has 0 aliphatic rings. The predicted molar refractivity (Wildman–Crippen MR) is 114 cm³/mol. The third kappa shape index (κ3) is 3.54. The van der Waals surface area contributed by atoms with Crippen LogP contribution >= 0.6 is 23.8 Å². The minimum absolute atomic E-state index is 0.150. The van der Waals surface area contributed by atoms with E-state index in [2.05, 4.69) is 25.9 Å². The van der Waals surface area contributed by atoms with Crippen LogP contribution in [0.2, 0.25) is 5.02 Å². The molecule has 0 aliphatic carbocycles. The number of nitrogens with zero attached hydrogens (tertiary/aromatic N) is 4. The zero-order valence-electron chi connectivity index (χ0n) is 15.0. The molecule has 0 aliphatic heterocycles. The fourth-order valence-electron chi connectivity index (χ4n) is 2.99. The lowest BCUT2D eigenvalue weighted by atomic mass is 10.2. The maximum atomic E-state index is 12.2. The van der Waals surface area contributed by atoms with E-state index < -0.39 is 0 Å². The number of para-hydroxylation sites is 1. The summed E-state index contributed by atoms with van der Waals surface area (Å²) >= 11 is 11.1. The number of nitrogens with one attached hydrogen (secondary N) is 1. The smallest absolute Gasteiger partial charge is 0.296 e. The molecule has 4 aromatic rings. The quantitative estimate of drug-likeness (QED) is 0.406. The number of fused-ring (bicyclic) bond motifs is 1. The van der Waals surface area contributed by atoms with Crippen LogP contribution in [-0.2, 0) is 6.54 Å². The Labute approximate surface area is 170 Å². The molecular formula is C20H16ClN5OS. The molecule has 0 fully saturated rings. The summed E-state index contributed by atoms with van der Waals surface area (Å²) in [6.07, 6.45) is 3.65. The van der Waals surface area contributed by atoms with Crippen LogP contribution in [-0.4, -0.2) is 25.7 Å². The number of rotatable bonds is 4. The van der Waals surface area contributed by atoms with Crippen molar-refractivity contribution in [2.24, 2.45) is 5.10 Å². The fourth-order valence-corrected chi connectivity index (χ4v) is 3.29. The molecule has 0 atom stereocenters. The summed E-state index contributed by atoms with van der Waals surface area (Å²) in [6.45, 7) is 2.30. The first-order valence-electron chi connectivity index (χ1n) is 8.58. The highest BCUT2D eigenvalue weighted by Gasteiger charge is 2.08. The normalized spacial score (nSPS) is 11.5. The van der Waals surface area contributed by atoms with E-state index in [9.17, 15) is 4.79 Å². The number of hydrogen-bond donors (Lipinski definition) is 1. The largest absolute Gasteiger partial charge is 0.342 e. The third-order valence-electron chi connectivity index (χ3n) is 4.41. The van der Waals surface area contributed by atoms with E-state index in [1.165, 1.54) is 0 Å². The zero-order chi connectivity index (χ0) is 19.7. The van der Waals surface area contributed by atoms with Crippen molar-refractivity contribution >= 4 is 40.9 Å². The second-order valence-corrected chi connectivity index (χ2v) is 7.15. The predicted octanol–water partition coefficient (Wildman–Crippen LogP) is 4.15. The molecule has 0 saturated carbocycles. The van der Waals surface area contributed by atoms with Crippen molar-refractivity contribution in [2.75, 3.05) is 0 Å². The van der Waals surface area contributed by atoms with Gasteiger partial charge in [0.05, 0.1) is 6.21 Å². The molecule has 0 bridgehead atoms. The lowest BCUT2D eigenvalue weighted by Gasteiger charge is -2.05. The summed E-state index contributed by atoms with van der Waals surface area (Å²) in [4.78, 5) is 12.2. The maximum absolute atomic E-state index is 12.2. The molecule has 2 aromatic heterocycles.